The quantitative estimate of drug-likeness (QED) is 0.494. The van der Waals surface area contributed by atoms with Crippen molar-refractivity contribution in [2.24, 2.45) is 0 Å². The minimum Gasteiger partial charge on any atom is -0.493 e. The van der Waals surface area contributed by atoms with Gasteiger partial charge in [-0.3, -0.25) is 5.10 Å². The minimum absolute atomic E-state index is 0.00365. The summed E-state index contributed by atoms with van der Waals surface area (Å²) in [6, 6.07) is 2.38. The third-order valence-corrected chi connectivity index (χ3v) is 4.56. The number of rotatable bonds is 12. The van der Waals surface area contributed by atoms with E-state index in [1.165, 1.54) is 19.4 Å². The van der Waals surface area contributed by atoms with Crippen LogP contribution in [-0.2, 0) is 17.5 Å². The molecule has 1 aromatic carbocycles. The van der Waals surface area contributed by atoms with E-state index in [0.717, 1.165) is 31.1 Å². The van der Waals surface area contributed by atoms with E-state index < -0.39 is 11.7 Å². The van der Waals surface area contributed by atoms with Crippen molar-refractivity contribution < 1.29 is 27.4 Å². The SMILES string of the molecule is CCCCN(C)Cc1[nH]ncc1-c1cc(C(F)(F)F)c(OCCOC)cc1OCC. The molecule has 0 amide bonds. The number of nitrogens with zero attached hydrogens (tertiary/aromatic N) is 2. The van der Waals surface area contributed by atoms with Crippen LogP contribution < -0.4 is 9.47 Å². The van der Waals surface area contributed by atoms with Crippen molar-refractivity contribution in [3.05, 3.63) is 29.6 Å². The van der Waals surface area contributed by atoms with E-state index >= 15 is 0 Å². The number of unbranched alkanes of at least 4 members (excludes halogenated alkanes) is 1. The molecule has 0 fully saturated rings. The first-order valence-corrected chi connectivity index (χ1v) is 10.0. The summed E-state index contributed by atoms with van der Waals surface area (Å²) in [6.45, 7) is 5.80. The molecule has 1 N–H and O–H groups in total. The molecule has 2 rings (SSSR count). The van der Waals surface area contributed by atoms with Crippen LogP contribution in [0.25, 0.3) is 11.1 Å². The normalized spacial score (nSPS) is 11.9. The molecular weight excluding hydrogens is 399 g/mol. The van der Waals surface area contributed by atoms with Crippen LogP contribution >= 0.6 is 0 Å². The summed E-state index contributed by atoms with van der Waals surface area (Å²) in [5.74, 6) is 0.0358. The van der Waals surface area contributed by atoms with Crippen LogP contribution in [0.5, 0.6) is 11.5 Å². The van der Waals surface area contributed by atoms with Crippen LogP contribution in [0.15, 0.2) is 18.3 Å². The summed E-state index contributed by atoms with van der Waals surface area (Å²) < 4.78 is 57.2. The zero-order valence-corrected chi connectivity index (χ0v) is 17.9. The van der Waals surface area contributed by atoms with Gasteiger partial charge in [0.15, 0.2) is 0 Å². The number of alkyl halides is 3. The van der Waals surface area contributed by atoms with Crippen molar-refractivity contribution in [1.29, 1.82) is 0 Å². The van der Waals surface area contributed by atoms with Crippen LogP contribution in [0, 0.1) is 0 Å². The summed E-state index contributed by atoms with van der Waals surface area (Å²) in [5.41, 5.74) is 0.783. The number of benzene rings is 1. The van der Waals surface area contributed by atoms with Crippen LogP contribution in [0.1, 0.15) is 37.9 Å². The molecule has 0 aliphatic heterocycles. The van der Waals surface area contributed by atoms with Gasteiger partial charge in [-0.2, -0.15) is 18.3 Å². The Bertz CT molecular complexity index is 794. The molecule has 0 unspecified atom stereocenters. The second-order valence-corrected chi connectivity index (χ2v) is 6.97. The molecule has 0 aliphatic carbocycles. The third-order valence-electron chi connectivity index (χ3n) is 4.56. The largest absolute Gasteiger partial charge is 0.493 e. The summed E-state index contributed by atoms with van der Waals surface area (Å²) in [7, 11) is 3.43. The van der Waals surface area contributed by atoms with Gasteiger partial charge in [-0.1, -0.05) is 13.3 Å². The van der Waals surface area contributed by atoms with Gasteiger partial charge in [0.05, 0.1) is 30.7 Å². The maximum Gasteiger partial charge on any atom is 0.419 e. The molecule has 6 nitrogen and oxygen atoms in total. The molecule has 2 aromatic rings. The lowest BCUT2D eigenvalue weighted by molar-refractivity contribution is -0.139. The molecule has 168 valence electrons. The molecular formula is C21H30F3N3O3. The Morgan fingerprint density at radius 2 is 1.83 bits per heavy atom. The second kappa shape index (κ2) is 11.2. The van der Waals surface area contributed by atoms with E-state index in [2.05, 4.69) is 22.0 Å². The van der Waals surface area contributed by atoms with E-state index in [9.17, 15) is 13.2 Å². The van der Waals surface area contributed by atoms with Crippen molar-refractivity contribution >= 4 is 0 Å². The van der Waals surface area contributed by atoms with Gasteiger partial charge in [0.2, 0.25) is 0 Å². The number of aromatic amines is 1. The average Bonchev–Trinajstić information content (AvgIpc) is 3.13. The smallest absolute Gasteiger partial charge is 0.419 e. The number of ether oxygens (including phenoxy) is 3. The first kappa shape index (κ1) is 24.0. The number of nitrogens with one attached hydrogen (secondary N) is 1. The lowest BCUT2D eigenvalue weighted by Gasteiger charge is -2.20. The van der Waals surface area contributed by atoms with Gasteiger partial charge in [0.1, 0.15) is 18.1 Å². The predicted octanol–water partition coefficient (Wildman–Crippen LogP) is 4.75. The maximum absolute atomic E-state index is 13.8. The van der Waals surface area contributed by atoms with E-state index in [-0.39, 0.29) is 19.0 Å². The van der Waals surface area contributed by atoms with Crippen molar-refractivity contribution in [1.82, 2.24) is 15.1 Å². The molecule has 0 saturated heterocycles. The standard InChI is InChI=1S/C21H30F3N3O3/c1-5-7-8-27(3)14-18-16(13-25-26-18)15-11-17(21(22,23)24)20(30-10-9-28-4)12-19(15)29-6-2/h11-13H,5-10,14H2,1-4H3,(H,25,26). The first-order valence-electron chi connectivity index (χ1n) is 10.0. The minimum atomic E-state index is -4.58. The highest BCUT2D eigenvalue weighted by molar-refractivity contribution is 5.74. The van der Waals surface area contributed by atoms with E-state index in [1.54, 1.807) is 6.92 Å². The van der Waals surface area contributed by atoms with Gasteiger partial charge in [-0.15, -0.1) is 0 Å². The summed E-state index contributed by atoms with van der Waals surface area (Å²) >= 11 is 0. The molecule has 30 heavy (non-hydrogen) atoms. The predicted molar refractivity (Wildman–Crippen MR) is 109 cm³/mol. The third kappa shape index (κ3) is 6.37. The van der Waals surface area contributed by atoms with Crippen molar-refractivity contribution in [2.45, 2.75) is 39.4 Å². The van der Waals surface area contributed by atoms with Gasteiger partial charge in [0.25, 0.3) is 0 Å². The highest BCUT2D eigenvalue weighted by Crippen LogP contribution is 2.44. The Balaban J connectivity index is 2.48. The molecule has 1 aromatic heterocycles. The zero-order valence-electron chi connectivity index (χ0n) is 17.9. The Labute approximate surface area is 175 Å². The Hall–Kier alpha value is -2.26. The molecule has 0 atom stereocenters. The van der Waals surface area contributed by atoms with E-state index in [1.807, 2.05) is 7.05 Å². The van der Waals surface area contributed by atoms with Crippen molar-refractivity contribution in [3.8, 4) is 22.6 Å². The summed E-state index contributed by atoms with van der Waals surface area (Å²) in [4.78, 5) is 2.10. The van der Waals surface area contributed by atoms with Gasteiger partial charge >= 0.3 is 6.18 Å². The average molecular weight is 429 g/mol. The van der Waals surface area contributed by atoms with Crippen molar-refractivity contribution in [3.63, 3.8) is 0 Å². The highest BCUT2D eigenvalue weighted by Gasteiger charge is 2.36. The molecule has 0 bridgehead atoms. The summed E-state index contributed by atoms with van der Waals surface area (Å²) in [5, 5.41) is 6.99. The number of hydrogen-bond acceptors (Lipinski definition) is 5. The van der Waals surface area contributed by atoms with Crippen LogP contribution in [0.2, 0.25) is 0 Å². The number of aromatic nitrogens is 2. The molecule has 1 heterocycles. The molecule has 0 saturated carbocycles. The van der Waals surface area contributed by atoms with Crippen LogP contribution in [-0.4, -0.2) is 55.6 Å². The van der Waals surface area contributed by atoms with E-state index in [4.69, 9.17) is 14.2 Å². The monoisotopic (exact) mass is 429 g/mol. The lowest BCUT2D eigenvalue weighted by atomic mass is 10.0. The van der Waals surface area contributed by atoms with Gasteiger partial charge in [-0.05, 0) is 33.0 Å². The maximum atomic E-state index is 13.8. The Morgan fingerprint density at radius 3 is 2.47 bits per heavy atom. The van der Waals surface area contributed by atoms with Crippen LogP contribution in [0.3, 0.4) is 0 Å². The van der Waals surface area contributed by atoms with Crippen molar-refractivity contribution in [2.75, 3.05) is 40.5 Å². The summed E-state index contributed by atoms with van der Waals surface area (Å²) in [6.07, 6.45) is -0.944. The first-order chi connectivity index (χ1) is 14.3. The fourth-order valence-electron chi connectivity index (χ4n) is 3.06. The lowest BCUT2D eigenvalue weighted by Crippen LogP contribution is -2.19. The molecule has 0 spiro atoms. The topological polar surface area (TPSA) is 59.6 Å². The fourth-order valence-corrected chi connectivity index (χ4v) is 3.06. The molecule has 0 aliphatic rings. The van der Waals surface area contributed by atoms with Gasteiger partial charge in [-0.25, -0.2) is 0 Å². The molecule has 9 heteroatoms. The second-order valence-electron chi connectivity index (χ2n) is 6.97. The number of H-pyrrole nitrogens is 1. The van der Waals surface area contributed by atoms with Crippen LogP contribution in [0.4, 0.5) is 13.2 Å². The Kier molecular flexibility index (Phi) is 8.98. The highest BCUT2D eigenvalue weighted by atomic mass is 19.4. The molecule has 0 radical (unpaired) electrons. The van der Waals surface area contributed by atoms with Gasteiger partial charge < -0.3 is 19.1 Å². The fraction of sp³-hybridized carbons (Fsp3) is 0.571. The number of halogens is 3. The van der Waals surface area contributed by atoms with E-state index in [0.29, 0.717) is 30.0 Å². The zero-order chi connectivity index (χ0) is 22.1. The van der Waals surface area contributed by atoms with Gasteiger partial charge in [0, 0.05) is 30.8 Å². The Morgan fingerprint density at radius 1 is 1.07 bits per heavy atom. The number of methoxy groups -OCH3 is 1. The number of hydrogen-bond donors (Lipinski definition) is 1.